The Kier molecular flexibility index (Phi) is 4.83. The summed E-state index contributed by atoms with van der Waals surface area (Å²) in [6.07, 6.45) is 1.76. The smallest absolute Gasteiger partial charge is 0.261 e. The third-order valence-electron chi connectivity index (χ3n) is 4.40. The fourth-order valence-electron chi connectivity index (χ4n) is 3.14. The first-order chi connectivity index (χ1) is 11.8. The highest BCUT2D eigenvalue weighted by Gasteiger charge is 2.33. The maximum absolute atomic E-state index is 12.6. The minimum Gasteiger partial charge on any atom is -0.337 e. The van der Waals surface area contributed by atoms with Crippen LogP contribution >= 0.6 is 11.6 Å². The molecular formula is C16H18ClN3O4S. The van der Waals surface area contributed by atoms with E-state index in [1.54, 1.807) is 19.1 Å². The van der Waals surface area contributed by atoms with E-state index in [9.17, 15) is 18.0 Å². The largest absolute Gasteiger partial charge is 0.337 e. The number of amides is 1. The van der Waals surface area contributed by atoms with E-state index in [1.807, 2.05) is 0 Å². The molecule has 0 saturated carbocycles. The molecule has 2 heterocycles. The van der Waals surface area contributed by atoms with E-state index in [0.29, 0.717) is 28.9 Å². The second-order valence-corrected chi connectivity index (χ2v) is 8.74. The standard InChI is InChI=1S/C16H18ClN3O4S/c1-2-20(12-5-6-25(23,24)9-12)15(21)8-19-10-18-14-4-3-11(17)7-13(14)16(19)22/h3-4,7,10,12H,2,5-6,8-9H2,1H3. The molecule has 9 heteroatoms. The van der Waals surface area contributed by atoms with Gasteiger partial charge >= 0.3 is 0 Å². The highest BCUT2D eigenvalue weighted by atomic mass is 35.5. The van der Waals surface area contributed by atoms with E-state index in [0.717, 1.165) is 0 Å². The molecule has 7 nitrogen and oxygen atoms in total. The van der Waals surface area contributed by atoms with Gasteiger partial charge in [0.05, 0.1) is 28.7 Å². The summed E-state index contributed by atoms with van der Waals surface area (Å²) in [6.45, 7) is 2.00. The van der Waals surface area contributed by atoms with Crippen molar-refractivity contribution < 1.29 is 13.2 Å². The quantitative estimate of drug-likeness (QED) is 0.788. The van der Waals surface area contributed by atoms with Crippen molar-refractivity contribution in [2.45, 2.75) is 25.9 Å². The zero-order valence-electron chi connectivity index (χ0n) is 13.7. The van der Waals surface area contributed by atoms with Gasteiger partial charge in [-0.3, -0.25) is 14.2 Å². The second kappa shape index (κ2) is 6.76. The third kappa shape index (κ3) is 3.69. The van der Waals surface area contributed by atoms with Crippen molar-refractivity contribution in [2.24, 2.45) is 0 Å². The summed E-state index contributed by atoms with van der Waals surface area (Å²) in [5.74, 6) is -0.223. The second-order valence-electron chi connectivity index (χ2n) is 6.08. The number of fused-ring (bicyclic) bond motifs is 1. The normalized spacial score (nSPS) is 19.2. The van der Waals surface area contributed by atoms with Gasteiger partial charge in [-0.1, -0.05) is 11.6 Å². The predicted molar refractivity (Wildman–Crippen MR) is 95.5 cm³/mol. The van der Waals surface area contributed by atoms with Gasteiger partial charge in [0.2, 0.25) is 5.91 Å². The molecule has 134 valence electrons. The van der Waals surface area contributed by atoms with Crippen molar-refractivity contribution in [1.29, 1.82) is 0 Å². The molecule has 2 aromatic rings. The first-order valence-corrected chi connectivity index (χ1v) is 10.2. The molecule has 1 aliphatic rings. The van der Waals surface area contributed by atoms with Crippen LogP contribution in [0.2, 0.25) is 5.02 Å². The molecule has 1 fully saturated rings. The summed E-state index contributed by atoms with van der Waals surface area (Å²) in [5.41, 5.74) is 0.156. The zero-order valence-corrected chi connectivity index (χ0v) is 15.3. The Morgan fingerprint density at radius 2 is 2.20 bits per heavy atom. The Hall–Kier alpha value is -1.93. The number of hydrogen-bond acceptors (Lipinski definition) is 5. The van der Waals surface area contributed by atoms with E-state index in [1.165, 1.54) is 21.9 Å². The van der Waals surface area contributed by atoms with Crippen LogP contribution in [-0.4, -0.2) is 52.9 Å². The SMILES string of the molecule is CCN(C(=O)Cn1cnc2ccc(Cl)cc2c1=O)C1CCS(=O)(=O)C1. The van der Waals surface area contributed by atoms with Gasteiger partial charge in [-0.2, -0.15) is 0 Å². The molecule has 1 unspecified atom stereocenters. The third-order valence-corrected chi connectivity index (χ3v) is 6.39. The number of sulfone groups is 1. The van der Waals surface area contributed by atoms with Crippen molar-refractivity contribution in [3.63, 3.8) is 0 Å². The van der Waals surface area contributed by atoms with E-state index >= 15 is 0 Å². The minimum atomic E-state index is -3.09. The number of nitrogens with zero attached hydrogens (tertiary/aromatic N) is 3. The summed E-state index contributed by atoms with van der Waals surface area (Å²) in [5, 5.41) is 0.760. The van der Waals surface area contributed by atoms with Crippen LogP contribution in [0.15, 0.2) is 29.3 Å². The first kappa shape index (κ1) is 17.9. The Balaban J connectivity index is 1.86. The lowest BCUT2D eigenvalue weighted by Crippen LogP contribution is -2.43. The van der Waals surface area contributed by atoms with Crippen LogP contribution in [0.4, 0.5) is 0 Å². The predicted octanol–water partition coefficient (Wildman–Crippen LogP) is 1.09. The van der Waals surface area contributed by atoms with Gasteiger partial charge in [0.1, 0.15) is 6.54 Å². The highest BCUT2D eigenvalue weighted by Crippen LogP contribution is 2.18. The van der Waals surface area contributed by atoms with Crippen LogP contribution in [0, 0.1) is 0 Å². The topological polar surface area (TPSA) is 89.3 Å². The van der Waals surface area contributed by atoms with Crippen LogP contribution in [0.3, 0.4) is 0 Å². The summed E-state index contributed by atoms with van der Waals surface area (Å²) in [7, 11) is -3.09. The molecule has 0 bridgehead atoms. The molecule has 0 aliphatic carbocycles. The molecule has 1 aromatic heterocycles. The number of aromatic nitrogens is 2. The van der Waals surface area contributed by atoms with Crippen molar-refractivity contribution in [3.05, 3.63) is 39.9 Å². The maximum Gasteiger partial charge on any atom is 0.261 e. The Bertz CT molecular complexity index is 987. The molecule has 25 heavy (non-hydrogen) atoms. The molecule has 1 saturated heterocycles. The van der Waals surface area contributed by atoms with Gasteiger partial charge in [-0.25, -0.2) is 13.4 Å². The molecular weight excluding hydrogens is 366 g/mol. The number of carbonyl (C=O) groups is 1. The van der Waals surface area contributed by atoms with Crippen LogP contribution in [0.25, 0.3) is 10.9 Å². The van der Waals surface area contributed by atoms with E-state index in [-0.39, 0.29) is 35.6 Å². The van der Waals surface area contributed by atoms with Gasteiger partial charge < -0.3 is 4.90 Å². The van der Waals surface area contributed by atoms with E-state index < -0.39 is 9.84 Å². The number of carbonyl (C=O) groups excluding carboxylic acids is 1. The fraction of sp³-hybridized carbons (Fsp3) is 0.438. The van der Waals surface area contributed by atoms with Crippen LogP contribution < -0.4 is 5.56 Å². The monoisotopic (exact) mass is 383 g/mol. The molecule has 1 atom stereocenters. The summed E-state index contributed by atoms with van der Waals surface area (Å²) in [4.78, 5) is 30.9. The van der Waals surface area contributed by atoms with Gasteiger partial charge in [-0.15, -0.1) is 0 Å². The Morgan fingerprint density at radius 1 is 1.44 bits per heavy atom. The number of benzene rings is 1. The molecule has 1 amide bonds. The fourth-order valence-corrected chi connectivity index (χ4v) is 5.04. The lowest BCUT2D eigenvalue weighted by Gasteiger charge is -2.27. The highest BCUT2D eigenvalue weighted by molar-refractivity contribution is 7.91. The number of halogens is 1. The Labute approximate surface area is 150 Å². The lowest BCUT2D eigenvalue weighted by atomic mass is 10.2. The van der Waals surface area contributed by atoms with Gasteiger partial charge in [0, 0.05) is 17.6 Å². The average Bonchev–Trinajstić information content (AvgIpc) is 2.91. The molecule has 3 rings (SSSR count). The molecule has 1 aromatic carbocycles. The summed E-state index contributed by atoms with van der Waals surface area (Å²) < 4.78 is 24.5. The van der Waals surface area contributed by atoms with Crippen LogP contribution in [-0.2, 0) is 21.2 Å². The van der Waals surface area contributed by atoms with Gasteiger partial charge in [0.15, 0.2) is 9.84 Å². The van der Waals surface area contributed by atoms with Crippen LogP contribution in [0.1, 0.15) is 13.3 Å². The minimum absolute atomic E-state index is 0.0208. The molecule has 0 N–H and O–H groups in total. The number of rotatable bonds is 4. The van der Waals surface area contributed by atoms with Crippen molar-refractivity contribution in [3.8, 4) is 0 Å². The van der Waals surface area contributed by atoms with E-state index in [4.69, 9.17) is 11.6 Å². The average molecular weight is 384 g/mol. The van der Waals surface area contributed by atoms with E-state index in [2.05, 4.69) is 4.98 Å². The molecule has 0 spiro atoms. The Morgan fingerprint density at radius 3 is 2.84 bits per heavy atom. The summed E-state index contributed by atoms with van der Waals surface area (Å²) in [6, 6.07) is 4.48. The zero-order chi connectivity index (χ0) is 18.2. The molecule has 1 aliphatic heterocycles. The number of hydrogen-bond donors (Lipinski definition) is 0. The lowest BCUT2D eigenvalue weighted by molar-refractivity contribution is -0.133. The number of likely N-dealkylation sites (N-methyl/N-ethyl adjacent to an activating group) is 1. The van der Waals surface area contributed by atoms with Crippen molar-refractivity contribution >= 4 is 38.2 Å². The first-order valence-electron chi connectivity index (χ1n) is 7.95. The van der Waals surface area contributed by atoms with Crippen LogP contribution in [0.5, 0.6) is 0 Å². The van der Waals surface area contributed by atoms with Gasteiger partial charge in [0.25, 0.3) is 5.56 Å². The van der Waals surface area contributed by atoms with Crippen molar-refractivity contribution in [1.82, 2.24) is 14.5 Å². The summed E-state index contributed by atoms with van der Waals surface area (Å²) >= 11 is 5.93. The molecule has 0 radical (unpaired) electrons. The van der Waals surface area contributed by atoms with Gasteiger partial charge in [-0.05, 0) is 31.5 Å². The maximum atomic E-state index is 12.6. The van der Waals surface area contributed by atoms with Crippen molar-refractivity contribution in [2.75, 3.05) is 18.1 Å².